The first-order chi connectivity index (χ1) is 13.8. The van der Waals surface area contributed by atoms with E-state index in [1.165, 1.54) is 0 Å². The monoisotopic (exact) mass is 374 g/mol. The molecule has 0 bridgehead atoms. The number of nitrogens with zero attached hydrogens (tertiary/aromatic N) is 1. The van der Waals surface area contributed by atoms with E-state index < -0.39 is 0 Å². The Kier molecular flexibility index (Phi) is 6.79. The van der Waals surface area contributed by atoms with Gasteiger partial charge >= 0.3 is 0 Å². The zero-order valence-electron chi connectivity index (χ0n) is 15.7. The van der Waals surface area contributed by atoms with Gasteiger partial charge in [0.05, 0.1) is 12.8 Å². The van der Waals surface area contributed by atoms with Crippen LogP contribution in [0.3, 0.4) is 0 Å². The molecule has 5 heteroatoms. The molecule has 3 aromatic carbocycles. The smallest absolute Gasteiger partial charge is 0.277 e. The van der Waals surface area contributed by atoms with Crippen LogP contribution in [0.25, 0.3) is 11.1 Å². The van der Waals surface area contributed by atoms with Gasteiger partial charge in [-0.15, -0.1) is 0 Å². The molecule has 0 saturated carbocycles. The average Bonchev–Trinajstić information content (AvgIpc) is 2.74. The summed E-state index contributed by atoms with van der Waals surface area (Å²) in [6, 6.07) is 25.3. The van der Waals surface area contributed by atoms with E-state index in [0.29, 0.717) is 18.1 Å². The largest absolute Gasteiger partial charge is 0.490 e. The van der Waals surface area contributed by atoms with Gasteiger partial charge in [0.25, 0.3) is 5.91 Å². The molecule has 3 aromatic rings. The van der Waals surface area contributed by atoms with E-state index in [1.54, 1.807) is 18.3 Å². The highest BCUT2D eigenvalue weighted by Gasteiger charge is 2.06. The van der Waals surface area contributed by atoms with Crippen molar-refractivity contribution < 1.29 is 14.3 Å². The van der Waals surface area contributed by atoms with E-state index in [2.05, 4.69) is 22.7 Å². The molecule has 3 rings (SSSR count). The summed E-state index contributed by atoms with van der Waals surface area (Å²) in [5.74, 6) is 0.795. The first-order valence-corrected chi connectivity index (χ1v) is 9.08. The number of hydrazone groups is 1. The van der Waals surface area contributed by atoms with Crippen molar-refractivity contribution in [3.8, 4) is 22.6 Å². The molecule has 0 fully saturated rings. The van der Waals surface area contributed by atoms with Crippen LogP contribution in [0.1, 0.15) is 12.5 Å². The fraction of sp³-hybridized carbons (Fsp3) is 0.130. The van der Waals surface area contributed by atoms with Crippen LogP contribution in [0.15, 0.2) is 84.0 Å². The number of amides is 1. The number of carbonyl (C=O) groups is 1. The van der Waals surface area contributed by atoms with Gasteiger partial charge in [0.2, 0.25) is 0 Å². The zero-order valence-corrected chi connectivity index (χ0v) is 15.7. The number of ether oxygens (including phenoxy) is 2. The molecular formula is C23H22N2O3. The lowest BCUT2D eigenvalue weighted by Crippen LogP contribution is -2.24. The second-order valence-corrected chi connectivity index (χ2v) is 5.95. The number of carbonyl (C=O) groups excluding carboxylic acids is 1. The second-order valence-electron chi connectivity index (χ2n) is 5.95. The van der Waals surface area contributed by atoms with E-state index in [9.17, 15) is 4.79 Å². The van der Waals surface area contributed by atoms with Crippen molar-refractivity contribution in [1.29, 1.82) is 0 Å². The second kappa shape index (κ2) is 9.92. The van der Waals surface area contributed by atoms with Gasteiger partial charge in [-0.1, -0.05) is 66.7 Å². The minimum Gasteiger partial charge on any atom is -0.490 e. The number of nitrogens with one attached hydrogen (secondary N) is 1. The van der Waals surface area contributed by atoms with Crippen molar-refractivity contribution in [2.24, 2.45) is 5.10 Å². The molecule has 0 aliphatic rings. The molecule has 0 aliphatic carbocycles. The van der Waals surface area contributed by atoms with E-state index in [1.807, 2.05) is 61.5 Å². The molecule has 28 heavy (non-hydrogen) atoms. The van der Waals surface area contributed by atoms with Crippen LogP contribution < -0.4 is 14.9 Å². The van der Waals surface area contributed by atoms with Crippen molar-refractivity contribution >= 4 is 12.1 Å². The highest BCUT2D eigenvalue weighted by atomic mass is 16.5. The Labute approximate surface area is 164 Å². The molecule has 5 nitrogen and oxygen atoms in total. The molecule has 0 unspecified atom stereocenters. The predicted octanol–water partition coefficient (Wildman–Crippen LogP) is 4.28. The van der Waals surface area contributed by atoms with Gasteiger partial charge < -0.3 is 9.47 Å². The summed E-state index contributed by atoms with van der Waals surface area (Å²) in [7, 11) is 0. The van der Waals surface area contributed by atoms with E-state index in [-0.39, 0.29) is 12.5 Å². The Morgan fingerprint density at radius 2 is 1.46 bits per heavy atom. The minimum atomic E-state index is -0.344. The fourth-order valence-corrected chi connectivity index (χ4v) is 2.59. The molecule has 0 heterocycles. The highest BCUT2D eigenvalue weighted by Crippen LogP contribution is 2.26. The summed E-state index contributed by atoms with van der Waals surface area (Å²) in [6.45, 7) is 2.28. The summed E-state index contributed by atoms with van der Waals surface area (Å²) in [6.07, 6.45) is 1.60. The summed E-state index contributed by atoms with van der Waals surface area (Å²) in [5, 5.41) is 3.98. The van der Waals surface area contributed by atoms with E-state index in [4.69, 9.17) is 9.47 Å². The number of hydrogen-bond donors (Lipinski definition) is 1. The SMILES string of the molecule is CCOc1ccccc1OCC(=O)N/N=C/c1ccc(-c2ccccc2)cc1. The number of para-hydroxylation sites is 2. The van der Waals surface area contributed by atoms with Gasteiger partial charge in [-0.05, 0) is 35.7 Å². The Morgan fingerprint density at radius 1 is 0.857 bits per heavy atom. The molecule has 1 N–H and O–H groups in total. The van der Waals surface area contributed by atoms with Crippen LogP contribution in [-0.4, -0.2) is 25.3 Å². The summed E-state index contributed by atoms with van der Waals surface area (Å²) < 4.78 is 11.0. The lowest BCUT2D eigenvalue weighted by atomic mass is 10.0. The van der Waals surface area contributed by atoms with E-state index in [0.717, 1.165) is 16.7 Å². The maximum absolute atomic E-state index is 11.9. The Balaban J connectivity index is 1.50. The van der Waals surface area contributed by atoms with Crippen LogP contribution in [0.5, 0.6) is 11.5 Å². The number of benzene rings is 3. The van der Waals surface area contributed by atoms with Gasteiger partial charge in [0, 0.05) is 0 Å². The standard InChI is InChI=1S/C23H22N2O3/c1-2-27-21-10-6-7-11-22(21)28-17-23(26)25-24-16-18-12-14-20(15-13-18)19-8-4-3-5-9-19/h3-16H,2,17H2,1H3,(H,25,26)/b24-16+. The Morgan fingerprint density at radius 3 is 2.14 bits per heavy atom. The van der Waals surface area contributed by atoms with Crippen molar-refractivity contribution in [2.75, 3.05) is 13.2 Å². The Bertz CT molecular complexity index is 922. The lowest BCUT2D eigenvalue weighted by molar-refractivity contribution is -0.123. The molecule has 0 saturated heterocycles. The maximum Gasteiger partial charge on any atom is 0.277 e. The van der Waals surface area contributed by atoms with Crippen molar-refractivity contribution in [1.82, 2.24) is 5.43 Å². The number of rotatable bonds is 8. The quantitative estimate of drug-likeness (QED) is 0.473. The van der Waals surface area contributed by atoms with Crippen LogP contribution in [0, 0.1) is 0 Å². The third-order valence-electron chi connectivity index (χ3n) is 3.93. The van der Waals surface area contributed by atoms with Crippen LogP contribution in [0.2, 0.25) is 0 Å². The molecule has 1 amide bonds. The van der Waals surface area contributed by atoms with Crippen LogP contribution in [0.4, 0.5) is 0 Å². The first-order valence-electron chi connectivity index (χ1n) is 9.08. The van der Waals surface area contributed by atoms with Crippen molar-refractivity contribution in [2.45, 2.75) is 6.92 Å². The van der Waals surface area contributed by atoms with Gasteiger partial charge in [-0.2, -0.15) is 5.10 Å². The topological polar surface area (TPSA) is 59.9 Å². The molecule has 0 aliphatic heterocycles. The lowest BCUT2D eigenvalue weighted by Gasteiger charge is -2.10. The summed E-state index contributed by atoms with van der Waals surface area (Å²) in [4.78, 5) is 11.9. The van der Waals surface area contributed by atoms with Crippen LogP contribution >= 0.6 is 0 Å². The van der Waals surface area contributed by atoms with Crippen molar-refractivity contribution in [3.63, 3.8) is 0 Å². The van der Waals surface area contributed by atoms with Gasteiger partial charge in [-0.3, -0.25) is 4.79 Å². The highest BCUT2D eigenvalue weighted by molar-refractivity contribution is 5.83. The molecular weight excluding hydrogens is 352 g/mol. The Hall–Kier alpha value is -3.60. The van der Waals surface area contributed by atoms with E-state index >= 15 is 0 Å². The number of hydrogen-bond acceptors (Lipinski definition) is 4. The average molecular weight is 374 g/mol. The molecule has 0 atom stereocenters. The van der Waals surface area contributed by atoms with Gasteiger partial charge in [-0.25, -0.2) is 5.43 Å². The molecule has 142 valence electrons. The van der Waals surface area contributed by atoms with Crippen molar-refractivity contribution in [3.05, 3.63) is 84.4 Å². The normalized spacial score (nSPS) is 10.6. The zero-order chi connectivity index (χ0) is 19.6. The molecule has 0 aromatic heterocycles. The van der Waals surface area contributed by atoms with Crippen LogP contribution in [-0.2, 0) is 4.79 Å². The minimum absolute atomic E-state index is 0.144. The molecule has 0 spiro atoms. The predicted molar refractivity (Wildman–Crippen MR) is 111 cm³/mol. The van der Waals surface area contributed by atoms with Gasteiger partial charge in [0.1, 0.15) is 0 Å². The third-order valence-corrected chi connectivity index (χ3v) is 3.93. The van der Waals surface area contributed by atoms with Gasteiger partial charge in [0.15, 0.2) is 18.1 Å². The fourth-order valence-electron chi connectivity index (χ4n) is 2.59. The summed E-state index contributed by atoms with van der Waals surface area (Å²) in [5.41, 5.74) is 5.64. The first kappa shape index (κ1) is 19.2. The third kappa shape index (κ3) is 5.45. The summed E-state index contributed by atoms with van der Waals surface area (Å²) >= 11 is 0. The maximum atomic E-state index is 11.9. The molecule has 0 radical (unpaired) electrons.